The second kappa shape index (κ2) is 11.5. The van der Waals surface area contributed by atoms with E-state index in [0.29, 0.717) is 48.0 Å². The Labute approximate surface area is 209 Å². The molecule has 3 aromatic rings. The van der Waals surface area contributed by atoms with Crippen molar-refractivity contribution in [2.75, 3.05) is 18.4 Å². The van der Waals surface area contributed by atoms with Gasteiger partial charge in [0.2, 0.25) is 5.91 Å². The van der Waals surface area contributed by atoms with Crippen molar-refractivity contribution in [3.8, 4) is 5.75 Å². The lowest BCUT2D eigenvalue weighted by Crippen LogP contribution is -2.40. The highest BCUT2D eigenvalue weighted by molar-refractivity contribution is 6.34. The number of rotatable bonds is 6. The number of carbonyl (C=O) groups excluding carboxylic acids is 3. The van der Waals surface area contributed by atoms with Crippen LogP contribution in [-0.2, 0) is 9.59 Å². The molecule has 1 heterocycles. The highest BCUT2D eigenvalue weighted by atomic mass is 35.5. The van der Waals surface area contributed by atoms with E-state index in [2.05, 4.69) is 5.32 Å². The number of esters is 1. The van der Waals surface area contributed by atoms with Gasteiger partial charge in [0, 0.05) is 24.9 Å². The first kappa shape index (κ1) is 24.2. The van der Waals surface area contributed by atoms with Crippen molar-refractivity contribution >= 4 is 41.1 Å². The molecule has 1 N–H and O–H groups in total. The molecule has 1 aliphatic rings. The molecule has 1 fully saturated rings. The smallest absolute Gasteiger partial charge is 0.314 e. The van der Waals surface area contributed by atoms with E-state index in [1.54, 1.807) is 65.6 Å². The zero-order chi connectivity index (χ0) is 24.6. The summed E-state index contributed by atoms with van der Waals surface area (Å²) in [6, 6.07) is 23.0. The van der Waals surface area contributed by atoms with Gasteiger partial charge >= 0.3 is 5.97 Å². The Morgan fingerprint density at radius 3 is 2.23 bits per heavy atom. The number of piperidine rings is 1. The fraction of sp³-hybridized carbons (Fsp3) is 0.179. The third-order valence-corrected chi connectivity index (χ3v) is 6.14. The van der Waals surface area contributed by atoms with Gasteiger partial charge in [-0.3, -0.25) is 14.4 Å². The summed E-state index contributed by atoms with van der Waals surface area (Å²) in [6.07, 6.45) is 4.47. The van der Waals surface area contributed by atoms with Crippen LogP contribution in [-0.4, -0.2) is 35.8 Å². The minimum absolute atomic E-state index is 0.0601. The summed E-state index contributed by atoms with van der Waals surface area (Å²) in [7, 11) is 0. The Balaban J connectivity index is 1.25. The molecule has 0 atom stereocenters. The molecular weight excluding hydrogens is 464 g/mol. The van der Waals surface area contributed by atoms with Gasteiger partial charge in [-0.2, -0.15) is 0 Å². The summed E-state index contributed by atoms with van der Waals surface area (Å²) in [5, 5.41) is 3.14. The van der Waals surface area contributed by atoms with Crippen LogP contribution < -0.4 is 10.1 Å². The molecule has 0 aliphatic carbocycles. The van der Waals surface area contributed by atoms with Crippen LogP contribution in [0, 0.1) is 5.92 Å². The van der Waals surface area contributed by atoms with E-state index in [1.807, 2.05) is 30.3 Å². The molecule has 35 heavy (non-hydrogen) atoms. The molecule has 6 nitrogen and oxygen atoms in total. The number of hydrogen-bond donors (Lipinski definition) is 1. The van der Waals surface area contributed by atoms with E-state index in [0.717, 1.165) is 5.56 Å². The lowest BCUT2D eigenvalue weighted by molar-refractivity contribution is -0.142. The Kier molecular flexibility index (Phi) is 7.95. The fourth-order valence-corrected chi connectivity index (χ4v) is 4.04. The Morgan fingerprint density at radius 1 is 0.886 bits per heavy atom. The molecule has 0 bridgehead atoms. The van der Waals surface area contributed by atoms with Crippen LogP contribution in [0.3, 0.4) is 0 Å². The van der Waals surface area contributed by atoms with Crippen LogP contribution in [0.15, 0.2) is 84.9 Å². The van der Waals surface area contributed by atoms with E-state index >= 15 is 0 Å². The van der Waals surface area contributed by atoms with Gasteiger partial charge in [-0.25, -0.2) is 0 Å². The maximum Gasteiger partial charge on any atom is 0.314 e. The van der Waals surface area contributed by atoms with E-state index in [4.69, 9.17) is 16.3 Å². The summed E-state index contributed by atoms with van der Waals surface area (Å²) >= 11 is 6.07. The standard InChI is InChI=1S/C28H25ClN2O4/c29-25-9-5-4-8-24(25)27(33)30-22-11-13-23(14-12-22)35-28(34)21-16-18-31(19-17-21)26(32)15-10-20-6-2-1-3-7-20/h1-15,21H,16-19H2,(H,30,33)/b15-10+. The number of likely N-dealkylation sites (tertiary alicyclic amines) is 1. The van der Waals surface area contributed by atoms with Gasteiger partial charge in [0.25, 0.3) is 5.91 Å². The minimum atomic E-state index is -0.319. The fourth-order valence-electron chi connectivity index (χ4n) is 3.82. The van der Waals surface area contributed by atoms with Crippen LogP contribution in [0.5, 0.6) is 5.75 Å². The molecule has 1 saturated heterocycles. The summed E-state index contributed by atoms with van der Waals surface area (Å²) in [5.74, 6) is -0.563. The predicted octanol–water partition coefficient (Wildman–Crippen LogP) is 5.45. The van der Waals surface area contributed by atoms with Gasteiger partial charge in [0.15, 0.2) is 0 Å². The Morgan fingerprint density at radius 2 is 1.54 bits per heavy atom. The number of amides is 2. The lowest BCUT2D eigenvalue weighted by atomic mass is 9.97. The number of ether oxygens (including phenoxy) is 1. The van der Waals surface area contributed by atoms with E-state index in [-0.39, 0.29) is 23.7 Å². The van der Waals surface area contributed by atoms with Crippen molar-refractivity contribution in [2.24, 2.45) is 5.92 Å². The first-order valence-corrected chi connectivity index (χ1v) is 11.8. The van der Waals surface area contributed by atoms with Gasteiger partial charge < -0.3 is 15.0 Å². The first-order valence-electron chi connectivity index (χ1n) is 11.4. The highest BCUT2D eigenvalue weighted by Crippen LogP contribution is 2.23. The molecular formula is C28H25ClN2O4. The molecule has 0 radical (unpaired) electrons. The summed E-state index contributed by atoms with van der Waals surface area (Å²) < 4.78 is 5.53. The molecule has 7 heteroatoms. The Hall–Kier alpha value is -3.90. The number of nitrogens with one attached hydrogen (secondary N) is 1. The minimum Gasteiger partial charge on any atom is -0.426 e. The maximum atomic E-state index is 12.6. The zero-order valence-electron chi connectivity index (χ0n) is 19.0. The Bertz CT molecular complexity index is 1220. The summed E-state index contributed by atoms with van der Waals surface area (Å²) in [6.45, 7) is 1.01. The second-order valence-electron chi connectivity index (χ2n) is 8.22. The number of halogens is 1. The monoisotopic (exact) mass is 488 g/mol. The molecule has 2 amide bonds. The average molecular weight is 489 g/mol. The quantitative estimate of drug-likeness (QED) is 0.284. The molecule has 0 aromatic heterocycles. The first-order chi connectivity index (χ1) is 17.0. The van der Waals surface area contributed by atoms with Gasteiger partial charge in [-0.15, -0.1) is 0 Å². The van der Waals surface area contributed by atoms with Gasteiger partial charge in [-0.05, 0) is 60.9 Å². The number of benzene rings is 3. The van der Waals surface area contributed by atoms with Crippen LogP contribution in [0.4, 0.5) is 5.69 Å². The van der Waals surface area contributed by atoms with Gasteiger partial charge in [-0.1, -0.05) is 54.1 Å². The van der Waals surface area contributed by atoms with E-state index < -0.39 is 0 Å². The zero-order valence-corrected chi connectivity index (χ0v) is 19.8. The number of anilines is 1. The van der Waals surface area contributed by atoms with Gasteiger partial charge in [0.05, 0.1) is 16.5 Å². The molecule has 0 spiro atoms. The predicted molar refractivity (Wildman–Crippen MR) is 136 cm³/mol. The number of hydrogen-bond acceptors (Lipinski definition) is 4. The second-order valence-corrected chi connectivity index (χ2v) is 8.63. The molecule has 3 aromatic carbocycles. The summed E-state index contributed by atoms with van der Waals surface area (Å²) in [5.41, 5.74) is 1.91. The normalized spacial score (nSPS) is 14.0. The van der Waals surface area contributed by atoms with Crippen molar-refractivity contribution in [2.45, 2.75) is 12.8 Å². The largest absolute Gasteiger partial charge is 0.426 e. The average Bonchev–Trinajstić information content (AvgIpc) is 2.89. The SMILES string of the molecule is O=C(Nc1ccc(OC(=O)C2CCN(C(=O)/C=C/c3ccccc3)CC2)cc1)c1ccccc1Cl. The van der Waals surface area contributed by atoms with Crippen molar-refractivity contribution < 1.29 is 19.1 Å². The third kappa shape index (κ3) is 6.58. The van der Waals surface area contributed by atoms with Crippen LogP contribution in [0.25, 0.3) is 6.08 Å². The molecule has 178 valence electrons. The lowest BCUT2D eigenvalue weighted by Gasteiger charge is -2.30. The van der Waals surface area contributed by atoms with E-state index in [1.165, 1.54) is 0 Å². The molecule has 1 aliphatic heterocycles. The van der Waals surface area contributed by atoms with Crippen molar-refractivity contribution in [3.05, 3.63) is 101 Å². The van der Waals surface area contributed by atoms with Gasteiger partial charge in [0.1, 0.15) is 5.75 Å². The third-order valence-electron chi connectivity index (χ3n) is 5.81. The van der Waals surface area contributed by atoms with E-state index in [9.17, 15) is 14.4 Å². The van der Waals surface area contributed by atoms with Crippen molar-refractivity contribution in [1.82, 2.24) is 4.90 Å². The molecule has 4 rings (SSSR count). The molecule has 0 saturated carbocycles. The maximum absolute atomic E-state index is 12.6. The number of nitrogens with zero attached hydrogens (tertiary/aromatic N) is 1. The van der Waals surface area contributed by atoms with Crippen molar-refractivity contribution in [1.29, 1.82) is 0 Å². The molecule has 0 unspecified atom stereocenters. The van der Waals surface area contributed by atoms with Crippen molar-refractivity contribution in [3.63, 3.8) is 0 Å². The number of carbonyl (C=O) groups is 3. The van der Waals surface area contributed by atoms with Crippen LogP contribution in [0.2, 0.25) is 5.02 Å². The van der Waals surface area contributed by atoms with Crippen LogP contribution >= 0.6 is 11.6 Å². The van der Waals surface area contributed by atoms with Crippen LogP contribution in [0.1, 0.15) is 28.8 Å². The topological polar surface area (TPSA) is 75.7 Å². The summed E-state index contributed by atoms with van der Waals surface area (Å²) in [4.78, 5) is 39.2. The highest BCUT2D eigenvalue weighted by Gasteiger charge is 2.28.